The Labute approximate surface area is 116 Å². The third-order valence-corrected chi connectivity index (χ3v) is 3.47. The molecular weight excluding hydrogens is 258 g/mol. The molecule has 20 heavy (non-hydrogen) atoms. The number of hydrogen-bond donors (Lipinski definition) is 1. The zero-order chi connectivity index (χ0) is 15.0. The molecule has 7 heteroatoms. The molecule has 0 aromatic carbocycles. The third kappa shape index (κ3) is 2.07. The minimum atomic E-state index is -0.332. The SMILES string of the molecule is Cc1nc2c(c(=O)n(C)c(=O)n2C(C)C)n1CCCN. The van der Waals surface area contributed by atoms with E-state index in [0.717, 1.165) is 16.8 Å². The second-order valence-electron chi connectivity index (χ2n) is 5.24. The zero-order valence-electron chi connectivity index (χ0n) is 12.4. The van der Waals surface area contributed by atoms with Crippen LogP contribution in [0.15, 0.2) is 9.59 Å². The van der Waals surface area contributed by atoms with E-state index in [-0.39, 0.29) is 17.3 Å². The molecule has 0 bridgehead atoms. The molecule has 0 aliphatic carbocycles. The van der Waals surface area contributed by atoms with Crippen molar-refractivity contribution in [1.29, 1.82) is 0 Å². The highest BCUT2D eigenvalue weighted by atomic mass is 16.2. The fourth-order valence-electron chi connectivity index (χ4n) is 2.41. The summed E-state index contributed by atoms with van der Waals surface area (Å²) in [6, 6.07) is -0.0611. The zero-order valence-corrected chi connectivity index (χ0v) is 12.4. The highest BCUT2D eigenvalue weighted by Crippen LogP contribution is 2.14. The molecule has 2 aromatic rings. The van der Waals surface area contributed by atoms with Gasteiger partial charge in [0.2, 0.25) is 0 Å². The summed E-state index contributed by atoms with van der Waals surface area (Å²) in [4.78, 5) is 29.0. The van der Waals surface area contributed by atoms with E-state index in [1.807, 2.05) is 25.3 Å². The van der Waals surface area contributed by atoms with Gasteiger partial charge >= 0.3 is 5.69 Å². The second kappa shape index (κ2) is 5.24. The van der Waals surface area contributed by atoms with Crippen LogP contribution in [-0.2, 0) is 13.6 Å². The van der Waals surface area contributed by atoms with E-state index in [2.05, 4.69) is 4.98 Å². The number of nitrogens with two attached hydrogens (primary N) is 1. The van der Waals surface area contributed by atoms with Crippen molar-refractivity contribution in [3.8, 4) is 0 Å². The Bertz CT molecular complexity index is 751. The Balaban J connectivity index is 2.90. The molecule has 2 heterocycles. The highest BCUT2D eigenvalue weighted by Gasteiger charge is 2.19. The van der Waals surface area contributed by atoms with Gasteiger partial charge in [-0.25, -0.2) is 9.78 Å². The topological polar surface area (TPSA) is 87.8 Å². The van der Waals surface area contributed by atoms with E-state index in [4.69, 9.17) is 5.73 Å². The van der Waals surface area contributed by atoms with Crippen molar-refractivity contribution in [1.82, 2.24) is 18.7 Å². The molecule has 0 aliphatic rings. The Morgan fingerprint density at radius 3 is 2.50 bits per heavy atom. The second-order valence-corrected chi connectivity index (χ2v) is 5.24. The number of rotatable bonds is 4. The van der Waals surface area contributed by atoms with E-state index in [1.54, 1.807) is 4.57 Å². The molecule has 0 saturated carbocycles. The van der Waals surface area contributed by atoms with Gasteiger partial charge in [0.15, 0.2) is 11.2 Å². The van der Waals surface area contributed by atoms with Crippen LogP contribution in [0.4, 0.5) is 0 Å². The van der Waals surface area contributed by atoms with Crippen LogP contribution in [0.3, 0.4) is 0 Å². The maximum atomic E-state index is 12.4. The summed E-state index contributed by atoms with van der Waals surface area (Å²) in [6.45, 7) is 6.82. The first-order valence-corrected chi connectivity index (χ1v) is 6.78. The maximum absolute atomic E-state index is 12.4. The summed E-state index contributed by atoms with van der Waals surface area (Å²) in [7, 11) is 1.50. The van der Waals surface area contributed by atoms with Crippen molar-refractivity contribution < 1.29 is 0 Å². The normalized spacial score (nSPS) is 11.7. The van der Waals surface area contributed by atoms with Gasteiger partial charge < -0.3 is 10.3 Å². The average molecular weight is 279 g/mol. The van der Waals surface area contributed by atoms with Crippen LogP contribution < -0.4 is 17.0 Å². The standard InChI is InChI=1S/C13H21N5O2/c1-8(2)18-11-10(12(19)16(4)13(18)20)17(7-5-6-14)9(3)15-11/h8H,5-7,14H2,1-4H3. The van der Waals surface area contributed by atoms with Crippen molar-refractivity contribution in [2.45, 2.75) is 39.8 Å². The Kier molecular flexibility index (Phi) is 3.80. The van der Waals surface area contributed by atoms with Gasteiger partial charge in [-0.3, -0.25) is 13.9 Å². The molecule has 0 aliphatic heterocycles. The van der Waals surface area contributed by atoms with Crippen LogP contribution in [-0.4, -0.2) is 25.2 Å². The van der Waals surface area contributed by atoms with E-state index in [9.17, 15) is 9.59 Å². The van der Waals surface area contributed by atoms with Gasteiger partial charge in [0.05, 0.1) is 0 Å². The molecule has 0 atom stereocenters. The summed E-state index contributed by atoms with van der Waals surface area (Å²) in [5.74, 6) is 0.727. The summed E-state index contributed by atoms with van der Waals surface area (Å²) in [6.07, 6.45) is 0.760. The van der Waals surface area contributed by atoms with E-state index < -0.39 is 0 Å². The molecule has 0 saturated heterocycles. The van der Waals surface area contributed by atoms with E-state index in [1.165, 1.54) is 7.05 Å². The fourth-order valence-corrected chi connectivity index (χ4v) is 2.41. The van der Waals surface area contributed by atoms with Crippen LogP contribution >= 0.6 is 0 Å². The largest absolute Gasteiger partial charge is 0.332 e. The van der Waals surface area contributed by atoms with E-state index >= 15 is 0 Å². The Hall–Kier alpha value is -1.89. The minimum absolute atomic E-state index is 0.0611. The number of aromatic nitrogens is 4. The molecule has 0 radical (unpaired) electrons. The first kappa shape index (κ1) is 14.5. The molecule has 2 N–H and O–H groups in total. The van der Waals surface area contributed by atoms with Crippen molar-refractivity contribution in [2.24, 2.45) is 12.8 Å². The molecular formula is C13H21N5O2. The molecule has 7 nitrogen and oxygen atoms in total. The molecule has 2 rings (SSSR count). The summed E-state index contributed by atoms with van der Waals surface area (Å²) < 4.78 is 4.55. The van der Waals surface area contributed by atoms with Gasteiger partial charge in [-0.2, -0.15) is 0 Å². The van der Waals surface area contributed by atoms with Crippen LogP contribution in [0.2, 0.25) is 0 Å². The van der Waals surface area contributed by atoms with Gasteiger partial charge in [0, 0.05) is 19.6 Å². The fraction of sp³-hybridized carbons (Fsp3) is 0.615. The lowest BCUT2D eigenvalue weighted by molar-refractivity contribution is 0.550. The first-order chi connectivity index (χ1) is 9.40. The summed E-state index contributed by atoms with van der Waals surface area (Å²) in [5.41, 5.74) is 5.84. The summed E-state index contributed by atoms with van der Waals surface area (Å²) >= 11 is 0. The van der Waals surface area contributed by atoms with Crippen LogP contribution in [0.5, 0.6) is 0 Å². The van der Waals surface area contributed by atoms with Crippen molar-refractivity contribution in [3.05, 3.63) is 26.7 Å². The maximum Gasteiger partial charge on any atom is 0.332 e. The minimum Gasteiger partial charge on any atom is -0.330 e. The Morgan fingerprint density at radius 2 is 1.95 bits per heavy atom. The van der Waals surface area contributed by atoms with Gasteiger partial charge in [-0.15, -0.1) is 0 Å². The number of aryl methyl sites for hydroxylation is 2. The Morgan fingerprint density at radius 1 is 1.30 bits per heavy atom. The molecule has 0 unspecified atom stereocenters. The van der Waals surface area contributed by atoms with Gasteiger partial charge in [-0.1, -0.05) is 0 Å². The van der Waals surface area contributed by atoms with Crippen LogP contribution in [0.25, 0.3) is 11.2 Å². The number of hydrogen-bond acceptors (Lipinski definition) is 4. The molecule has 2 aromatic heterocycles. The van der Waals surface area contributed by atoms with Crippen molar-refractivity contribution in [3.63, 3.8) is 0 Å². The predicted octanol–water partition coefficient (Wildman–Crippen LogP) is 0.135. The smallest absolute Gasteiger partial charge is 0.330 e. The van der Waals surface area contributed by atoms with Crippen LogP contribution in [0, 0.1) is 6.92 Å². The molecule has 0 amide bonds. The summed E-state index contributed by atoms with van der Waals surface area (Å²) in [5, 5.41) is 0. The average Bonchev–Trinajstić information content (AvgIpc) is 2.70. The predicted molar refractivity (Wildman–Crippen MR) is 78.0 cm³/mol. The monoisotopic (exact) mass is 279 g/mol. The highest BCUT2D eigenvalue weighted by molar-refractivity contribution is 5.71. The number of nitrogens with zero attached hydrogens (tertiary/aromatic N) is 4. The van der Waals surface area contributed by atoms with Gasteiger partial charge in [0.25, 0.3) is 5.56 Å². The van der Waals surface area contributed by atoms with E-state index in [0.29, 0.717) is 24.3 Å². The molecule has 0 spiro atoms. The molecule has 110 valence electrons. The van der Waals surface area contributed by atoms with Gasteiger partial charge in [-0.05, 0) is 33.7 Å². The van der Waals surface area contributed by atoms with Gasteiger partial charge in [0.1, 0.15) is 5.82 Å². The lowest BCUT2D eigenvalue weighted by Crippen LogP contribution is -2.39. The lowest BCUT2D eigenvalue weighted by Gasteiger charge is -2.12. The lowest BCUT2D eigenvalue weighted by atomic mass is 10.3. The van der Waals surface area contributed by atoms with Crippen molar-refractivity contribution in [2.75, 3.05) is 6.54 Å². The number of imidazole rings is 1. The van der Waals surface area contributed by atoms with Crippen LogP contribution in [0.1, 0.15) is 32.1 Å². The third-order valence-electron chi connectivity index (χ3n) is 3.47. The quantitative estimate of drug-likeness (QED) is 0.862. The van der Waals surface area contributed by atoms with Crippen molar-refractivity contribution >= 4 is 11.2 Å². The molecule has 0 fully saturated rings. The number of fused-ring (bicyclic) bond motifs is 1. The first-order valence-electron chi connectivity index (χ1n) is 6.78.